The first-order chi connectivity index (χ1) is 9.94. The van der Waals surface area contributed by atoms with Crippen LogP contribution in [0.1, 0.15) is 52.9 Å². The van der Waals surface area contributed by atoms with Gasteiger partial charge in [-0.05, 0) is 52.4 Å². The van der Waals surface area contributed by atoms with E-state index in [1.54, 1.807) is 0 Å². The predicted molar refractivity (Wildman–Crippen MR) is 84.0 cm³/mol. The summed E-state index contributed by atoms with van der Waals surface area (Å²) in [6.45, 7) is 10.8. The van der Waals surface area contributed by atoms with Crippen molar-refractivity contribution in [2.75, 3.05) is 32.7 Å². The smallest absolute Gasteiger partial charge is 0.410 e. The Kier molecular flexibility index (Phi) is 5.88. The van der Waals surface area contributed by atoms with Gasteiger partial charge in [0.05, 0.1) is 0 Å². The van der Waals surface area contributed by atoms with Crippen molar-refractivity contribution in [3.8, 4) is 0 Å². The number of nitrogens with one attached hydrogen (secondary N) is 1. The molecule has 1 N–H and O–H groups in total. The molecule has 2 fully saturated rings. The Hall–Kier alpha value is -0.810. The molecule has 0 aliphatic carbocycles. The third kappa shape index (κ3) is 5.83. The Morgan fingerprint density at radius 2 is 1.71 bits per heavy atom. The van der Waals surface area contributed by atoms with E-state index in [1.807, 2.05) is 25.7 Å². The summed E-state index contributed by atoms with van der Waals surface area (Å²) >= 11 is 0. The SMILES string of the molecule is CC(C)(C)OC(=O)N1CCC(CNN2CCCCC2)CC1. The predicted octanol–water partition coefficient (Wildman–Crippen LogP) is 2.62. The Balaban J connectivity index is 1.64. The Morgan fingerprint density at radius 3 is 2.29 bits per heavy atom. The van der Waals surface area contributed by atoms with Crippen LogP contribution in [0.5, 0.6) is 0 Å². The Bertz CT molecular complexity index is 327. The summed E-state index contributed by atoms with van der Waals surface area (Å²) in [5.74, 6) is 0.672. The second-order valence-corrected chi connectivity index (χ2v) is 7.32. The highest BCUT2D eigenvalue weighted by Gasteiger charge is 2.27. The minimum absolute atomic E-state index is 0.162. The van der Waals surface area contributed by atoms with Gasteiger partial charge < -0.3 is 9.64 Å². The quantitative estimate of drug-likeness (QED) is 0.870. The summed E-state index contributed by atoms with van der Waals surface area (Å²) in [5.41, 5.74) is 3.17. The van der Waals surface area contributed by atoms with E-state index in [0.717, 1.165) is 32.5 Å². The fourth-order valence-electron chi connectivity index (χ4n) is 2.96. The van der Waals surface area contributed by atoms with Gasteiger partial charge in [0, 0.05) is 32.7 Å². The van der Waals surface area contributed by atoms with Crippen molar-refractivity contribution in [1.82, 2.24) is 15.3 Å². The second-order valence-electron chi connectivity index (χ2n) is 7.32. The zero-order chi connectivity index (χ0) is 15.3. The summed E-state index contributed by atoms with van der Waals surface area (Å²) in [6.07, 6.45) is 5.96. The lowest BCUT2D eigenvalue weighted by molar-refractivity contribution is 0.0173. The molecule has 2 rings (SSSR count). The van der Waals surface area contributed by atoms with E-state index in [4.69, 9.17) is 4.74 Å². The molecule has 0 unspecified atom stereocenters. The number of carbonyl (C=O) groups is 1. The molecule has 122 valence electrons. The molecular weight excluding hydrogens is 266 g/mol. The van der Waals surface area contributed by atoms with Crippen LogP contribution in [0.2, 0.25) is 0 Å². The van der Waals surface area contributed by atoms with Gasteiger partial charge in [-0.1, -0.05) is 6.42 Å². The van der Waals surface area contributed by atoms with E-state index in [-0.39, 0.29) is 6.09 Å². The zero-order valence-electron chi connectivity index (χ0n) is 13.9. The van der Waals surface area contributed by atoms with Crippen LogP contribution < -0.4 is 5.43 Å². The van der Waals surface area contributed by atoms with E-state index in [0.29, 0.717) is 5.92 Å². The molecule has 0 saturated carbocycles. The molecule has 2 heterocycles. The lowest BCUT2D eigenvalue weighted by Gasteiger charge is -2.35. The number of hydrazine groups is 1. The molecule has 0 bridgehead atoms. The Morgan fingerprint density at radius 1 is 1.10 bits per heavy atom. The standard InChI is InChI=1S/C16H31N3O2/c1-16(2,3)21-15(20)18-11-7-14(8-12-18)13-17-19-9-5-4-6-10-19/h14,17H,4-13H2,1-3H3. The van der Waals surface area contributed by atoms with Crippen molar-refractivity contribution >= 4 is 6.09 Å². The third-order valence-corrected chi connectivity index (χ3v) is 4.23. The number of piperidine rings is 2. The van der Waals surface area contributed by atoms with Crippen LogP contribution in [0.3, 0.4) is 0 Å². The van der Waals surface area contributed by atoms with Crippen LogP contribution in [0, 0.1) is 5.92 Å². The molecule has 0 aromatic carbocycles. The average molecular weight is 297 g/mol. The first kappa shape index (κ1) is 16.6. The van der Waals surface area contributed by atoms with E-state index >= 15 is 0 Å². The van der Waals surface area contributed by atoms with Crippen LogP contribution in [0.4, 0.5) is 4.79 Å². The number of likely N-dealkylation sites (tertiary alicyclic amines) is 1. The van der Waals surface area contributed by atoms with Gasteiger partial charge in [-0.15, -0.1) is 0 Å². The molecule has 0 aromatic heterocycles. The summed E-state index contributed by atoms with van der Waals surface area (Å²) < 4.78 is 5.43. The second kappa shape index (κ2) is 7.45. The number of rotatable bonds is 3. The molecule has 5 heteroatoms. The highest BCUT2D eigenvalue weighted by Crippen LogP contribution is 2.19. The topological polar surface area (TPSA) is 44.8 Å². The molecule has 0 aromatic rings. The molecule has 2 saturated heterocycles. The van der Waals surface area contributed by atoms with Crippen LogP contribution >= 0.6 is 0 Å². The van der Waals surface area contributed by atoms with Gasteiger partial charge >= 0.3 is 6.09 Å². The van der Waals surface area contributed by atoms with Crippen LogP contribution in [0.15, 0.2) is 0 Å². The highest BCUT2D eigenvalue weighted by atomic mass is 16.6. The fourth-order valence-corrected chi connectivity index (χ4v) is 2.96. The molecule has 2 aliphatic heterocycles. The molecule has 0 radical (unpaired) electrons. The van der Waals surface area contributed by atoms with Gasteiger partial charge in [0.15, 0.2) is 0 Å². The van der Waals surface area contributed by atoms with Crippen LogP contribution in [0.25, 0.3) is 0 Å². The molecule has 1 amide bonds. The third-order valence-electron chi connectivity index (χ3n) is 4.23. The van der Waals surface area contributed by atoms with Crippen molar-refractivity contribution in [2.24, 2.45) is 5.92 Å². The van der Waals surface area contributed by atoms with E-state index in [2.05, 4.69) is 10.4 Å². The maximum Gasteiger partial charge on any atom is 0.410 e. The molecule has 21 heavy (non-hydrogen) atoms. The summed E-state index contributed by atoms with van der Waals surface area (Å²) in [4.78, 5) is 13.9. The number of hydrogen-bond donors (Lipinski definition) is 1. The van der Waals surface area contributed by atoms with Crippen molar-refractivity contribution in [3.05, 3.63) is 0 Å². The van der Waals surface area contributed by atoms with Gasteiger partial charge in [-0.25, -0.2) is 9.80 Å². The molecule has 0 spiro atoms. The number of nitrogens with zero attached hydrogens (tertiary/aromatic N) is 2. The lowest BCUT2D eigenvalue weighted by Crippen LogP contribution is -2.47. The molecule has 5 nitrogen and oxygen atoms in total. The van der Waals surface area contributed by atoms with E-state index in [1.165, 1.54) is 32.4 Å². The summed E-state index contributed by atoms with van der Waals surface area (Å²) in [6, 6.07) is 0. The zero-order valence-corrected chi connectivity index (χ0v) is 13.9. The van der Waals surface area contributed by atoms with Crippen LogP contribution in [-0.4, -0.2) is 54.3 Å². The minimum atomic E-state index is -0.399. The van der Waals surface area contributed by atoms with Crippen LogP contribution in [-0.2, 0) is 4.74 Å². The highest BCUT2D eigenvalue weighted by molar-refractivity contribution is 5.68. The molecule has 2 aliphatic rings. The van der Waals surface area contributed by atoms with Crippen molar-refractivity contribution < 1.29 is 9.53 Å². The van der Waals surface area contributed by atoms with Crippen molar-refractivity contribution in [2.45, 2.75) is 58.5 Å². The van der Waals surface area contributed by atoms with Crippen molar-refractivity contribution in [3.63, 3.8) is 0 Å². The van der Waals surface area contributed by atoms with Gasteiger partial charge in [0.1, 0.15) is 5.60 Å². The monoisotopic (exact) mass is 297 g/mol. The van der Waals surface area contributed by atoms with Gasteiger partial charge in [0.25, 0.3) is 0 Å². The van der Waals surface area contributed by atoms with Gasteiger partial charge in [0.2, 0.25) is 0 Å². The van der Waals surface area contributed by atoms with Crippen molar-refractivity contribution in [1.29, 1.82) is 0 Å². The van der Waals surface area contributed by atoms with Gasteiger partial charge in [-0.2, -0.15) is 0 Å². The fraction of sp³-hybridized carbons (Fsp3) is 0.938. The first-order valence-corrected chi connectivity index (χ1v) is 8.40. The van der Waals surface area contributed by atoms with E-state index in [9.17, 15) is 4.79 Å². The first-order valence-electron chi connectivity index (χ1n) is 8.40. The van der Waals surface area contributed by atoms with Gasteiger partial charge in [-0.3, -0.25) is 5.43 Å². The molecular formula is C16H31N3O2. The minimum Gasteiger partial charge on any atom is -0.444 e. The summed E-state index contributed by atoms with van der Waals surface area (Å²) in [5, 5.41) is 2.36. The Labute approximate surface area is 129 Å². The lowest BCUT2D eigenvalue weighted by atomic mass is 9.97. The van der Waals surface area contributed by atoms with E-state index < -0.39 is 5.60 Å². The number of amides is 1. The molecule has 0 atom stereocenters. The number of ether oxygens (including phenoxy) is 1. The number of carbonyl (C=O) groups excluding carboxylic acids is 1. The maximum atomic E-state index is 12.0. The normalized spacial score (nSPS) is 22.3. The average Bonchev–Trinajstić information content (AvgIpc) is 2.45. The largest absolute Gasteiger partial charge is 0.444 e. The maximum absolute atomic E-state index is 12.0. The number of hydrogen-bond acceptors (Lipinski definition) is 4. The summed E-state index contributed by atoms with van der Waals surface area (Å²) in [7, 11) is 0.